The van der Waals surface area contributed by atoms with Gasteiger partial charge in [-0.25, -0.2) is 4.98 Å². The van der Waals surface area contributed by atoms with Crippen LogP contribution in [0, 0.1) is 0 Å². The molecule has 3 aromatic rings. The van der Waals surface area contributed by atoms with Crippen molar-refractivity contribution in [1.29, 1.82) is 0 Å². The van der Waals surface area contributed by atoms with Gasteiger partial charge >= 0.3 is 0 Å². The van der Waals surface area contributed by atoms with Gasteiger partial charge in [0.15, 0.2) is 0 Å². The van der Waals surface area contributed by atoms with Crippen molar-refractivity contribution in [1.82, 2.24) is 9.97 Å². The molecule has 0 saturated carbocycles. The maximum absolute atomic E-state index is 5.81. The van der Waals surface area contributed by atoms with E-state index >= 15 is 0 Å². The summed E-state index contributed by atoms with van der Waals surface area (Å²) in [6, 6.07) is 13.5. The number of ether oxygens (including phenoxy) is 1. The molecule has 0 unspecified atom stereocenters. The van der Waals surface area contributed by atoms with E-state index in [-0.39, 0.29) is 0 Å². The number of benzene rings is 1. The third kappa shape index (κ3) is 2.47. The van der Waals surface area contributed by atoms with Crippen LogP contribution in [0.25, 0.3) is 10.9 Å². The van der Waals surface area contributed by atoms with E-state index in [0.29, 0.717) is 12.4 Å². The zero-order valence-electron chi connectivity index (χ0n) is 10.3. The van der Waals surface area contributed by atoms with Crippen molar-refractivity contribution in [3.8, 4) is 5.75 Å². The Balaban J connectivity index is 1.86. The highest BCUT2D eigenvalue weighted by Gasteiger charge is 2.03. The van der Waals surface area contributed by atoms with Gasteiger partial charge in [0.25, 0.3) is 0 Å². The van der Waals surface area contributed by atoms with Crippen LogP contribution >= 0.6 is 0 Å². The van der Waals surface area contributed by atoms with Crippen molar-refractivity contribution < 1.29 is 4.74 Å². The summed E-state index contributed by atoms with van der Waals surface area (Å²) in [7, 11) is 0. The summed E-state index contributed by atoms with van der Waals surface area (Å²) in [6.45, 7) is 0.447. The van der Waals surface area contributed by atoms with E-state index in [1.54, 1.807) is 18.5 Å². The maximum Gasteiger partial charge on any atom is 0.146 e. The molecule has 0 saturated heterocycles. The number of nitrogens with zero attached hydrogens (tertiary/aromatic N) is 2. The molecular formula is C15H13N3O. The average Bonchev–Trinajstić information content (AvgIpc) is 2.45. The lowest BCUT2D eigenvalue weighted by molar-refractivity contribution is 0.309. The SMILES string of the molecule is Nc1cc(COc2cccc3cccnc23)ccn1. The van der Waals surface area contributed by atoms with Crippen LogP contribution in [0.1, 0.15) is 5.56 Å². The first-order valence-electron chi connectivity index (χ1n) is 6.00. The number of hydrogen-bond donors (Lipinski definition) is 1. The number of fused-ring (bicyclic) bond motifs is 1. The van der Waals surface area contributed by atoms with E-state index in [1.165, 1.54) is 0 Å². The summed E-state index contributed by atoms with van der Waals surface area (Å²) >= 11 is 0. The van der Waals surface area contributed by atoms with Crippen LogP contribution in [0.3, 0.4) is 0 Å². The summed E-state index contributed by atoms with van der Waals surface area (Å²) in [6.07, 6.45) is 3.44. The summed E-state index contributed by atoms with van der Waals surface area (Å²) < 4.78 is 5.81. The zero-order valence-corrected chi connectivity index (χ0v) is 10.3. The van der Waals surface area contributed by atoms with Gasteiger partial charge in [0, 0.05) is 17.8 Å². The van der Waals surface area contributed by atoms with E-state index in [4.69, 9.17) is 10.5 Å². The number of nitrogens with two attached hydrogens (primary N) is 1. The predicted molar refractivity (Wildman–Crippen MR) is 74.7 cm³/mol. The van der Waals surface area contributed by atoms with E-state index in [9.17, 15) is 0 Å². The molecule has 0 radical (unpaired) electrons. The lowest BCUT2D eigenvalue weighted by Crippen LogP contribution is -1.98. The van der Waals surface area contributed by atoms with Crippen molar-refractivity contribution >= 4 is 16.7 Å². The summed E-state index contributed by atoms with van der Waals surface area (Å²) in [5, 5.41) is 1.06. The lowest BCUT2D eigenvalue weighted by atomic mass is 10.2. The first kappa shape index (κ1) is 11.5. The zero-order chi connectivity index (χ0) is 13.1. The van der Waals surface area contributed by atoms with Crippen LogP contribution in [0.4, 0.5) is 5.82 Å². The fraction of sp³-hybridized carbons (Fsp3) is 0.0667. The number of anilines is 1. The van der Waals surface area contributed by atoms with Gasteiger partial charge in [-0.3, -0.25) is 4.98 Å². The fourth-order valence-electron chi connectivity index (χ4n) is 1.94. The molecule has 4 heteroatoms. The van der Waals surface area contributed by atoms with Crippen LogP contribution in [-0.4, -0.2) is 9.97 Å². The maximum atomic E-state index is 5.81. The molecule has 0 fully saturated rings. The Kier molecular flexibility index (Phi) is 2.98. The summed E-state index contributed by atoms with van der Waals surface area (Å²) in [4.78, 5) is 8.30. The smallest absolute Gasteiger partial charge is 0.146 e. The van der Waals surface area contributed by atoms with Crippen LogP contribution < -0.4 is 10.5 Å². The van der Waals surface area contributed by atoms with Gasteiger partial charge in [-0.15, -0.1) is 0 Å². The highest BCUT2D eigenvalue weighted by molar-refractivity contribution is 5.84. The number of para-hydroxylation sites is 1. The minimum atomic E-state index is 0.447. The van der Waals surface area contributed by atoms with Gasteiger partial charge in [0.05, 0.1) is 0 Å². The molecule has 2 heterocycles. The number of rotatable bonds is 3. The molecule has 19 heavy (non-hydrogen) atoms. The van der Waals surface area contributed by atoms with Gasteiger partial charge in [-0.1, -0.05) is 18.2 Å². The van der Waals surface area contributed by atoms with Crippen LogP contribution in [0.2, 0.25) is 0 Å². The van der Waals surface area contributed by atoms with E-state index in [0.717, 1.165) is 22.2 Å². The van der Waals surface area contributed by atoms with Crippen molar-refractivity contribution in [2.45, 2.75) is 6.61 Å². The largest absolute Gasteiger partial charge is 0.487 e. The highest BCUT2D eigenvalue weighted by atomic mass is 16.5. The monoisotopic (exact) mass is 251 g/mol. The van der Waals surface area contributed by atoms with Gasteiger partial charge in [-0.05, 0) is 29.8 Å². The molecule has 0 atom stereocenters. The van der Waals surface area contributed by atoms with Gasteiger partial charge < -0.3 is 10.5 Å². The average molecular weight is 251 g/mol. The van der Waals surface area contributed by atoms with Gasteiger partial charge in [-0.2, -0.15) is 0 Å². The Morgan fingerprint density at radius 2 is 1.89 bits per heavy atom. The second-order valence-corrected chi connectivity index (χ2v) is 4.21. The molecule has 0 aliphatic carbocycles. The molecule has 2 N–H and O–H groups in total. The Morgan fingerprint density at radius 1 is 1.00 bits per heavy atom. The Labute approximate surface area is 110 Å². The number of aromatic nitrogens is 2. The van der Waals surface area contributed by atoms with Crippen molar-refractivity contribution in [3.05, 3.63) is 60.4 Å². The molecule has 0 spiro atoms. The van der Waals surface area contributed by atoms with E-state index < -0.39 is 0 Å². The fourth-order valence-corrected chi connectivity index (χ4v) is 1.94. The second kappa shape index (κ2) is 4.94. The molecule has 0 amide bonds. The highest BCUT2D eigenvalue weighted by Crippen LogP contribution is 2.23. The van der Waals surface area contributed by atoms with E-state index in [2.05, 4.69) is 9.97 Å². The van der Waals surface area contributed by atoms with Crippen LogP contribution in [0.15, 0.2) is 54.9 Å². The standard InChI is InChI=1S/C15H13N3O/c16-14-9-11(6-8-17-14)10-19-13-5-1-3-12-4-2-7-18-15(12)13/h1-9H,10H2,(H2,16,17). The van der Waals surface area contributed by atoms with Crippen molar-refractivity contribution in [3.63, 3.8) is 0 Å². The first-order valence-corrected chi connectivity index (χ1v) is 6.00. The molecule has 94 valence electrons. The van der Waals surface area contributed by atoms with Gasteiger partial charge in [0.2, 0.25) is 0 Å². The third-order valence-corrected chi connectivity index (χ3v) is 2.84. The summed E-state index contributed by atoms with van der Waals surface area (Å²) in [5.41, 5.74) is 7.49. The van der Waals surface area contributed by atoms with Crippen LogP contribution in [-0.2, 0) is 6.61 Å². The van der Waals surface area contributed by atoms with Crippen molar-refractivity contribution in [2.24, 2.45) is 0 Å². The quantitative estimate of drug-likeness (QED) is 0.777. The molecule has 2 aromatic heterocycles. The Hall–Kier alpha value is -2.62. The molecule has 0 bridgehead atoms. The number of hydrogen-bond acceptors (Lipinski definition) is 4. The second-order valence-electron chi connectivity index (χ2n) is 4.21. The molecule has 3 rings (SSSR count). The molecule has 0 aliphatic heterocycles. The number of nitrogen functional groups attached to an aromatic ring is 1. The molecule has 0 aliphatic rings. The Morgan fingerprint density at radius 3 is 2.79 bits per heavy atom. The van der Waals surface area contributed by atoms with Gasteiger partial charge in [0.1, 0.15) is 23.7 Å². The number of pyridine rings is 2. The lowest BCUT2D eigenvalue weighted by Gasteiger charge is -2.08. The summed E-state index contributed by atoms with van der Waals surface area (Å²) in [5.74, 6) is 1.27. The molecule has 4 nitrogen and oxygen atoms in total. The Bertz CT molecular complexity index is 707. The first-order chi connectivity index (χ1) is 9.33. The van der Waals surface area contributed by atoms with E-state index in [1.807, 2.05) is 36.4 Å². The molecular weight excluding hydrogens is 238 g/mol. The van der Waals surface area contributed by atoms with Crippen molar-refractivity contribution in [2.75, 3.05) is 5.73 Å². The third-order valence-electron chi connectivity index (χ3n) is 2.84. The topological polar surface area (TPSA) is 61.0 Å². The van der Waals surface area contributed by atoms with Crippen LogP contribution in [0.5, 0.6) is 5.75 Å². The normalized spacial score (nSPS) is 10.5. The molecule has 1 aromatic carbocycles. The minimum absolute atomic E-state index is 0.447. The predicted octanol–water partition coefficient (Wildman–Crippen LogP) is 2.79. The minimum Gasteiger partial charge on any atom is -0.487 e.